The van der Waals surface area contributed by atoms with Gasteiger partial charge in [0.05, 0.1) is 9.95 Å². The standard InChI is InChI=1S/C11H11ClN2O5S/c12-10-7-8(14(16)17)1-2-11(10)20(18,19)13-5-3-9(15)4-6-13/h1-2,7H,3-6H2. The first kappa shape index (κ1) is 14.9. The largest absolute Gasteiger partial charge is 0.300 e. The minimum absolute atomic E-state index is 0.0197. The van der Waals surface area contributed by atoms with E-state index in [1.807, 2.05) is 0 Å². The molecule has 0 atom stereocenters. The normalized spacial score (nSPS) is 17.1. The molecule has 1 aromatic rings. The monoisotopic (exact) mass is 318 g/mol. The molecule has 1 aromatic carbocycles. The number of carbonyl (C=O) groups is 1. The summed E-state index contributed by atoms with van der Waals surface area (Å²) in [6.07, 6.45) is 0.341. The van der Waals surface area contributed by atoms with Crippen LogP contribution in [-0.4, -0.2) is 36.5 Å². The van der Waals surface area contributed by atoms with Crippen molar-refractivity contribution in [1.29, 1.82) is 0 Å². The topological polar surface area (TPSA) is 97.6 Å². The maximum absolute atomic E-state index is 12.4. The molecule has 0 unspecified atom stereocenters. The molecule has 1 heterocycles. The fourth-order valence-corrected chi connectivity index (χ4v) is 3.88. The smallest absolute Gasteiger partial charge is 0.271 e. The highest BCUT2D eigenvalue weighted by Crippen LogP contribution is 2.29. The van der Waals surface area contributed by atoms with Gasteiger partial charge >= 0.3 is 0 Å². The molecule has 0 amide bonds. The van der Waals surface area contributed by atoms with Crippen LogP contribution in [0.3, 0.4) is 0 Å². The van der Waals surface area contributed by atoms with Crippen LogP contribution in [0.5, 0.6) is 0 Å². The Bertz CT molecular complexity index is 663. The lowest BCUT2D eigenvalue weighted by atomic mass is 10.1. The number of piperidine rings is 1. The van der Waals surface area contributed by atoms with Crippen LogP contribution in [0.1, 0.15) is 12.8 Å². The number of rotatable bonds is 3. The number of Topliss-reactive ketones (excluding diaryl/α,β-unsaturated/α-hetero) is 1. The Kier molecular flexibility index (Phi) is 4.07. The average molecular weight is 319 g/mol. The zero-order valence-electron chi connectivity index (χ0n) is 10.3. The van der Waals surface area contributed by atoms with E-state index in [0.717, 1.165) is 18.2 Å². The second-order valence-electron chi connectivity index (χ2n) is 4.31. The number of carbonyl (C=O) groups excluding carboxylic acids is 1. The Hall–Kier alpha value is -1.51. The van der Waals surface area contributed by atoms with E-state index in [-0.39, 0.29) is 47.3 Å². The van der Waals surface area contributed by atoms with Gasteiger partial charge in [0, 0.05) is 38.1 Å². The molecule has 9 heteroatoms. The summed E-state index contributed by atoms with van der Waals surface area (Å²) in [5.74, 6) is 0.0197. The summed E-state index contributed by atoms with van der Waals surface area (Å²) in [6, 6.07) is 3.21. The minimum Gasteiger partial charge on any atom is -0.300 e. The molecule has 1 saturated heterocycles. The molecule has 0 aromatic heterocycles. The van der Waals surface area contributed by atoms with Gasteiger partial charge < -0.3 is 0 Å². The van der Waals surface area contributed by atoms with Gasteiger partial charge in [0.25, 0.3) is 5.69 Å². The van der Waals surface area contributed by atoms with Gasteiger partial charge in [0.15, 0.2) is 0 Å². The van der Waals surface area contributed by atoms with Gasteiger partial charge in [-0.15, -0.1) is 0 Å². The van der Waals surface area contributed by atoms with Crippen LogP contribution in [0.25, 0.3) is 0 Å². The predicted molar refractivity (Wildman–Crippen MR) is 71.1 cm³/mol. The molecule has 20 heavy (non-hydrogen) atoms. The van der Waals surface area contributed by atoms with E-state index in [4.69, 9.17) is 11.6 Å². The van der Waals surface area contributed by atoms with E-state index in [1.54, 1.807) is 0 Å². The molecule has 0 bridgehead atoms. The average Bonchev–Trinajstić information content (AvgIpc) is 2.38. The summed E-state index contributed by atoms with van der Waals surface area (Å²) < 4.78 is 25.9. The Labute approximate surface area is 120 Å². The molecular formula is C11H11ClN2O5S. The van der Waals surface area contributed by atoms with Crippen LogP contribution in [0, 0.1) is 10.1 Å². The number of nitro benzene ring substituents is 1. The molecule has 1 aliphatic heterocycles. The first-order chi connectivity index (χ1) is 9.32. The van der Waals surface area contributed by atoms with E-state index < -0.39 is 14.9 Å². The molecule has 0 N–H and O–H groups in total. The zero-order valence-corrected chi connectivity index (χ0v) is 11.9. The van der Waals surface area contributed by atoms with Gasteiger partial charge in [-0.1, -0.05) is 11.6 Å². The third kappa shape index (κ3) is 2.82. The summed E-state index contributed by atoms with van der Waals surface area (Å²) in [4.78, 5) is 20.9. The van der Waals surface area contributed by atoms with Gasteiger partial charge in [-0.05, 0) is 6.07 Å². The number of benzene rings is 1. The van der Waals surface area contributed by atoms with Crippen molar-refractivity contribution in [1.82, 2.24) is 4.31 Å². The van der Waals surface area contributed by atoms with Crippen LogP contribution in [-0.2, 0) is 14.8 Å². The van der Waals surface area contributed by atoms with Crippen LogP contribution >= 0.6 is 11.6 Å². The number of nitrogens with zero attached hydrogens (tertiary/aromatic N) is 2. The third-order valence-corrected chi connectivity index (χ3v) is 5.41. The molecule has 0 aliphatic carbocycles. The van der Waals surface area contributed by atoms with Crippen molar-refractivity contribution >= 4 is 33.1 Å². The number of non-ortho nitro benzene ring substituents is 1. The maximum Gasteiger partial charge on any atom is 0.271 e. The van der Waals surface area contributed by atoms with E-state index in [9.17, 15) is 23.3 Å². The highest BCUT2D eigenvalue weighted by Gasteiger charge is 2.30. The quantitative estimate of drug-likeness (QED) is 0.623. The Balaban J connectivity index is 2.35. The molecule has 0 radical (unpaired) electrons. The highest BCUT2D eigenvalue weighted by atomic mass is 35.5. The number of hydrogen-bond donors (Lipinski definition) is 0. The van der Waals surface area contributed by atoms with Crippen LogP contribution < -0.4 is 0 Å². The second-order valence-corrected chi connectivity index (χ2v) is 6.63. The number of ketones is 1. The van der Waals surface area contributed by atoms with Crippen LogP contribution in [0.2, 0.25) is 5.02 Å². The Morgan fingerprint density at radius 3 is 2.35 bits per heavy atom. The van der Waals surface area contributed by atoms with Gasteiger partial charge in [0.2, 0.25) is 10.0 Å². The van der Waals surface area contributed by atoms with Gasteiger partial charge in [0.1, 0.15) is 10.7 Å². The van der Waals surface area contributed by atoms with Gasteiger partial charge in [-0.2, -0.15) is 4.31 Å². The molecule has 108 valence electrons. The van der Waals surface area contributed by atoms with Crippen molar-refractivity contribution in [3.63, 3.8) is 0 Å². The van der Waals surface area contributed by atoms with Crippen molar-refractivity contribution in [2.75, 3.05) is 13.1 Å². The van der Waals surface area contributed by atoms with Crippen molar-refractivity contribution in [3.05, 3.63) is 33.3 Å². The van der Waals surface area contributed by atoms with Crippen molar-refractivity contribution < 1.29 is 18.1 Å². The van der Waals surface area contributed by atoms with E-state index >= 15 is 0 Å². The first-order valence-corrected chi connectivity index (χ1v) is 7.60. The maximum atomic E-state index is 12.4. The molecule has 0 saturated carbocycles. The fourth-order valence-electron chi connectivity index (χ4n) is 1.93. The number of halogens is 1. The molecule has 1 aliphatic rings. The lowest BCUT2D eigenvalue weighted by molar-refractivity contribution is -0.384. The summed E-state index contributed by atoms with van der Waals surface area (Å²) in [7, 11) is -3.83. The fraction of sp³-hybridized carbons (Fsp3) is 0.364. The van der Waals surface area contributed by atoms with Crippen molar-refractivity contribution in [3.8, 4) is 0 Å². The van der Waals surface area contributed by atoms with Crippen molar-refractivity contribution in [2.45, 2.75) is 17.7 Å². The summed E-state index contributed by atoms with van der Waals surface area (Å²) >= 11 is 5.83. The summed E-state index contributed by atoms with van der Waals surface area (Å²) in [6.45, 7) is 0.211. The van der Waals surface area contributed by atoms with E-state index in [1.165, 1.54) is 4.31 Å². The van der Waals surface area contributed by atoms with Crippen LogP contribution in [0.15, 0.2) is 23.1 Å². The number of hydrogen-bond acceptors (Lipinski definition) is 5. The van der Waals surface area contributed by atoms with Crippen molar-refractivity contribution in [2.24, 2.45) is 0 Å². The summed E-state index contributed by atoms with van der Waals surface area (Å²) in [5, 5.41) is 10.4. The predicted octanol–water partition coefficient (Wildman–Crippen LogP) is 1.60. The van der Waals surface area contributed by atoms with Gasteiger partial charge in [-0.3, -0.25) is 14.9 Å². The molecule has 7 nitrogen and oxygen atoms in total. The minimum atomic E-state index is -3.83. The Morgan fingerprint density at radius 1 is 1.25 bits per heavy atom. The molecule has 0 spiro atoms. The third-order valence-electron chi connectivity index (χ3n) is 3.02. The lowest BCUT2D eigenvalue weighted by Crippen LogP contribution is -2.38. The van der Waals surface area contributed by atoms with E-state index in [2.05, 4.69) is 0 Å². The summed E-state index contributed by atoms with van der Waals surface area (Å²) in [5.41, 5.74) is -0.275. The van der Waals surface area contributed by atoms with Gasteiger partial charge in [-0.25, -0.2) is 8.42 Å². The zero-order chi connectivity index (χ0) is 14.9. The first-order valence-electron chi connectivity index (χ1n) is 5.78. The molecule has 1 fully saturated rings. The van der Waals surface area contributed by atoms with E-state index in [0.29, 0.717) is 0 Å². The molecular weight excluding hydrogens is 308 g/mol. The molecule has 2 rings (SSSR count). The SMILES string of the molecule is O=C1CCN(S(=O)(=O)c2ccc([N+](=O)[O-])cc2Cl)CC1. The second kappa shape index (κ2) is 5.47. The van der Waals surface area contributed by atoms with Crippen LogP contribution in [0.4, 0.5) is 5.69 Å². The lowest BCUT2D eigenvalue weighted by Gasteiger charge is -2.25. The number of sulfonamides is 1. The highest BCUT2D eigenvalue weighted by molar-refractivity contribution is 7.89. The Morgan fingerprint density at radius 2 is 1.85 bits per heavy atom. The number of nitro groups is 1.